The van der Waals surface area contributed by atoms with Crippen LogP contribution in [0.2, 0.25) is 0 Å². The van der Waals surface area contributed by atoms with Crippen LogP contribution in [0.1, 0.15) is 181 Å². The van der Waals surface area contributed by atoms with E-state index >= 15 is 0 Å². The van der Waals surface area contributed by atoms with E-state index in [4.69, 9.17) is 13.8 Å². The van der Waals surface area contributed by atoms with Gasteiger partial charge in [0.05, 0.1) is 13.2 Å². The monoisotopic (exact) mass is 820 g/mol. The van der Waals surface area contributed by atoms with E-state index in [2.05, 4.69) is 92.1 Å². The fourth-order valence-electron chi connectivity index (χ4n) is 5.69. The molecule has 1 amide bonds. The number of esters is 1. The Kier molecular flexibility index (Phi) is 41.1. The van der Waals surface area contributed by atoms with E-state index in [-0.39, 0.29) is 32.1 Å². The summed E-state index contributed by atoms with van der Waals surface area (Å²) in [5.41, 5.74) is 0. The van der Waals surface area contributed by atoms with Crippen molar-refractivity contribution in [3.8, 4) is 0 Å². The first-order valence-electron chi connectivity index (χ1n) is 22.4. The number of aliphatic hydroxyl groups is 1. The highest BCUT2D eigenvalue weighted by Gasteiger charge is 2.23. The molecule has 0 rings (SSSR count). The van der Waals surface area contributed by atoms with E-state index in [0.717, 1.165) is 70.6 Å². The highest BCUT2D eigenvalue weighted by atomic mass is 31.2. The van der Waals surface area contributed by atoms with Crippen LogP contribution in [0.25, 0.3) is 0 Å². The summed E-state index contributed by atoms with van der Waals surface area (Å²) in [6, 6.07) is 0. The molecule has 0 saturated heterocycles. The summed E-state index contributed by atoms with van der Waals surface area (Å²) >= 11 is 0. The van der Waals surface area contributed by atoms with Crippen molar-refractivity contribution in [3.63, 3.8) is 0 Å². The van der Waals surface area contributed by atoms with E-state index in [0.29, 0.717) is 12.8 Å². The first kappa shape index (κ1) is 54.5. The number of ether oxygens (including phenoxy) is 1. The third-order valence-electron chi connectivity index (χ3n) is 9.11. The van der Waals surface area contributed by atoms with Gasteiger partial charge in [0.1, 0.15) is 12.7 Å². The number of allylic oxidation sites excluding steroid dienone is 12. The number of hydrogen-bond donors (Lipinski definition) is 3. The molecule has 0 fully saturated rings. The van der Waals surface area contributed by atoms with Gasteiger partial charge in [-0.25, -0.2) is 4.57 Å². The molecule has 0 aliphatic heterocycles. The second-order valence-corrected chi connectivity index (χ2v) is 16.1. The van der Waals surface area contributed by atoms with Gasteiger partial charge in [-0.2, -0.15) is 0 Å². The number of amides is 1. The summed E-state index contributed by atoms with van der Waals surface area (Å²) in [7, 11) is -4.43. The highest BCUT2D eigenvalue weighted by molar-refractivity contribution is 7.47. The standard InChI is InChI=1S/C47H82NO8P/c1-3-5-7-9-11-13-15-17-19-21-22-24-26-28-30-32-34-36-38-40-47(51)54-43-45(49)44-56-57(52,53)55-42-41-48-46(50)39-37-35-33-31-29-27-25-23-20-18-16-14-12-10-8-6-4-2/h11-14,17-20,22,24,28,30,45,49H,3-10,15-16,21,23,25-27,29,31-44H2,1-2H3,(H,48,50)(H,52,53)/b13-11-,14-12-,19-17-,20-18-,24-22-,30-28-. The Morgan fingerprint density at radius 2 is 0.947 bits per heavy atom. The maximum Gasteiger partial charge on any atom is 0.472 e. The molecule has 0 saturated carbocycles. The van der Waals surface area contributed by atoms with Crippen LogP contribution in [0.15, 0.2) is 72.9 Å². The number of carbonyl (C=O) groups excluding carboxylic acids is 2. The molecule has 2 unspecified atom stereocenters. The topological polar surface area (TPSA) is 131 Å². The number of phosphoric acid groups is 1. The minimum absolute atomic E-state index is 0.0696. The molecule has 2 atom stereocenters. The fraction of sp³-hybridized carbons (Fsp3) is 0.702. The maximum absolute atomic E-state index is 12.1. The van der Waals surface area contributed by atoms with Crippen molar-refractivity contribution >= 4 is 19.7 Å². The lowest BCUT2D eigenvalue weighted by atomic mass is 10.1. The Bertz CT molecular complexity index is 1160. The Morgan fingerprint density at radius 3 is 1.44 bits per heavy atom. The summed E-state index contributed by atoms with van der Waals surface area (Å²) in [6.45, 7) is 3.44. The molecule has 0 spiro atoms. The van der Waals surface area contributed by atoms with Crippen LogP contribution in [0, 0.1) is 0 Å². The molecular weight excluding hydrogens is 737 g/mol. The van der Waals surface area contributed by atoms with Crippen LogP contribution in [0.4, 0.5) is 0 Å². The molecule has 57 heavy (non-hydrogen) atoms. The average Bonchev–Trinajstić information content (AvgIpc) is 3.20. The fourth-order valence-corrected chi connectivity index (χ4v) is 6.44. The van der Waals surface area contributed by atoms with Crippen molar-refractivity contribution in [2.24, 2.45) is 0 Å². The molecule has 10 heteroatoms. The Morgan fingerprint density at radius 1 is 0.544 bits per heavy atom. The van der Waals surface area contributed by atoms with Gasteiger partial charge in [0.2, 0.25) is 5.91 Å². The van der Waals surface area contributed by atoms with Crippen molar-refractivity contribution in [2.45, 2.75) is 187 Å². The maximum atomic E-state index is 12.1. The smallest absolute Gasteiger partial charge is 0.463 e. The molecule has 0 aromatic rings. The molecule has 0 heterocycles. The third kappa shape index (κ3) is 44.4. The summed E-state index contributed by atoms with van der Waals surface area (Å²) in [6.07, 6.45) is 52.5. The van der Waals surface area contributed by atoms with Crippen LogP contribution in [-0.4, -0.2) is 54.3 Å². The molecule has 0 aromatic heterocycles. The quantitative estimate of drug-likeness (QED) is 0.0240. The molecule has 3 N–H and O–H groups in total. The zero-order chi connectivity index (χ0) is 41.8. The molecule has 0 bridgehead atoms. The van der Waals surface area contributed by atoms with Crippen molar-refractivity contribution in [3.05, 3.63) is 72.9 Å². The first-order chi connectivity index (χ1) is 27.8. The molecule has 0 aliphatic rings. The number of carbonyl (C=O) groups is 2. The van der Waals surface area contributed by atoms with Gasteiger partial charge in [-0.05, 0) is 89.9 Å². The number of nitrogens with one attached hydrogen (secondary N) is 1. The van der Waals surface area contributed by atoms with Crippen molar-refractivity contribution in [1.82, 2.24) is 5.32 Å². The summed E-state index contributed by atoms with van der Waals surface area (Å²) in [5, 5.41) is 12.7. The van der Waals surface area contributed by atoms with Crippen molar-refractivity contribution in [1.29, 1.82) is 0 Å². The van der Waals surface area contributed by atoms with Crippen LogP contribution in [0.5, 0.6) is 0 Å². The molecule has 0 radical (unpaired) electrons. The molecule has 9 nitrogen and oxygen atoms in total. The molecule has 328 valence electrons. The van der Waals surface area contributed by atoms with E-state index in [1.165, 1.54) is 77.0 Å². The van der Waals surface area contributed by atoms with Gasteiger partial charge in [0.25, 0.3) is 0 Å². The summed E-state index contributed by atoms with van der Waals surface area (Å²) in [5.74, 6) is -0.560. The zero-order valence-electron chi connectivity index (χ0n) is 36.0. The van der Waals surface area contributed by atoms with E-state index in [9.17, 15) is 24.2 Å². The van der Waals surface area contributed by atoms with Gasteiger partial charge in [0, 0.05) is 19.4 Å². The number of rotatable bonds is 41. The molecular formula is C47H82NO8P. The number of hydrogen-bond acceptors (Lipinski definition) is 7. The predicted molar refractivity (Wildman–Crippen MR) is 238 cm³/mol. The SMILES string of the molecule is CCCCC/C=C\C/C=C\C/C=C\C/C=C\CCCCCC(=O)OCC(O)COP(=O)(O)OCCNC(=O)CCCCCCCCC/C=C\C/C=C\CCCCC. The normalized spacial score (nSPS) is 14.0. The highest BCUT2D eigenvalue weighted by Crippen LogP contribution is 2.42. The molecule has 0 aromatic carbocycles. The largest absolute Gasteiger partial charge is 0.472 e. The number of unbranched alkanes of at least 4 members (excludes halogenated alkanes) is 16. The number of aliphatic hydroxyl groups excluding tert-OH is 1. The van der Waals surface area contributed by atoms with Crippen LogP contribution in [-0.2, 0) is 27.9 Å². The van der Waals surface area contributed by atoms with Crippen LogP contribution in [0.3, 0.4) is 0 Å². The lowest BCUT2D eigenvalue weighted by Gasteiger charge is -2.15. The summed E-state index contributed by atoms with van der Waals surface area (Å²) < 4.78 is 26.9. The van der Waals surface area contributed by atoms with Gasteiger partial charge in [0.15, 0.2) is 0 Å². The van der Waals surface area contributed by atoms with Crippen LogP contribution < -0.4 is 5.32 Å². The second kappa shape index (κ2) is 43.0. The summed E-state index contributed by atoms with van der Waals surface area (Å²) in [4.78, 5) is 33.9. The van der Waals surface area contributed by atoms with Gasteiger partial charge in [-0.3, -0.25) is 18.6 Å². The third-order valence-corrected chi connectivity index (χ3v) is 10.1. The van der Waals surface area contributed by atoms with Crippen LogP contribution >= 0.6 is 7.82 Å². The molecule has 0 aliphatic carbocycles. The van der Waals surface area contributed by atoms with E-state index in [1.54, 1.807) is 0 Å². The Balaban J connectivity index is 3.68. The van der Waals surface area contributed by atoms with Gasteiger partial charge in [-0.15, -0.1) is 0 Å². The lowest BCUT2D eigenvalue weighted by Crippen LogP contribution is -2.27. The lowest BCUT2D eigenvalue weighted by molar-refractivity contribution is -0.147. The van der Waals surface area contributed by atoms with E-state index < -0.39 is 26.5 Å². The minimum atomic E-state index is -4.43. The number of phosphoric ester groups is 1. The minimum Gasteiger partial charge on any atom is -0.463 e. The van der Waals surface area contributed by atoms with Gasteiger partial charge in [-0.1, -0.05) is 151 Å². The second-order valence-electron chi connectivity index (χ2n) is 14.7. The van der Waals surface area contributed by atoms with Crippen molar-refractivity contribution in [2.75, 3.05) is 26.4 Å². The van der Waals surface area contributed by atoms with E-state index in [1.807, 2.05) is 0 Å². The Labute approximate surface area is 348 Å². The van der Waals surface area contributed by atoms with Gasteiger partial charge < -0.3 is 20.1 Å². The Hall–Kier alpha value is -2.55. The predicted octanol–water partition coefficient (Wildman–Crippen LogP) is 12.7. The zero-order valence-corrected chi connectivity index (χ0v) is 36.9. The van der Waals surface area contributed by atoms with Gasteiger partial charge >= 0.3 is 13.8 Å². The van der Waals surface area contributed by atoms with Crippen molar-refractivity contribution < 1.29 is 37.9 Å². The average molecular weight is 820 g/mol. The first-order valence-corrected chi connectivity index (χ1v) is 23.9.